The van der Waals surface area contributed by atoms with Crippen molar-refractivity contribution in [2.24, 2.45) is 11.3 Å². The Bertz CT molecular complexity index is 438. The van der Waals surface area contributed by atoms with Crippen LogP contribution in [0, 0.1) is 11.3 Å². The number of pyridine rings is 1. The Morgan fingerprint density at radius 2 is 2.30 bits per heavy atom. The lowest BCUT2D eigenvalue weighted by atomic mass is 9.76. The largest absolute Gasteiger partial charge is 0.378 e. The van der Waals surface area contributed by atoms with E-state index in [2.05, 4.69) is 53.1 Å². The van der Waals surface area contributed by atoms with Gasteiger partial charge >= 0.3 is 0 Å². The highest BCUT2D eigenvalue weighted by atomic mass is 79.9. The molecule has 1 N–H and O–H groups in total. The van der Waals surface area contributed by atoms with Gasteiger partial charge in [-0.25, -0.2) is 0 Å². The maximum atomic E-state index is 5.86. The molecule has 0 aromatic carbocycles. The molecule has 2 unspecified atom stereocenters. The van der Waals surface area contributed by atoms with Crippen molar-refractivity contribution >= 4 is 15.9 Å². The molecule has 112 valence electrons. The number of hydrogen-bond donors (Lipinski definition) is 1. The summed E-state index contributed by atoms with van der Waals surface area (Å²) >= 11 is 3.51. The second-order valence-electron chi connectivity index (χ2n) is 6.34. The highest BCUT2D eigenvalue weighted by Crippen LogP contribution is 2.38. The third-order valence-electron chi connectivity index (χ3n) is 4.18. The minimum absolute atomic E-state index is 0.192. The second kappa shape index (κ2) is 7.01. The molecule has 1 aliphatic rings. The lowest BCUT2D eigenvalue weighted by molar-refractivity contribution is 0.0626. The van der Waals surface area contributed by atoms with E-state index in [4.69, 9.17) is 4.74 Å². The van der Waals surface area contributed by atoms with Crippen molar-refractivity contribution in [2.45, 2.75) is 39.7 Å². The SMILES string of the molecule is CC(C)CNCC1(Cc2cncc(Br)c2)CCOC1C. The molecule has 2 atom stereocenters. The van der Waals surface area contributed by atoms with Gasteiger partial charge in [-0.15, -0.1) is 0 Å². The van der Waals surface area contributed by atoms with Gasteiger partial charge in [0, 0.05) is 35.4 Å². The minimum atomic E-state index is 0.192. The Hall–Kier alpha value is -0.450. The molecule has 4 heteroatoms. The van der Waals surface area contributed by atoms with Crippen molar-refractivity contribution in [2.75, 3.05) is 19.7 Å². The fourth-order valence-corrected chi connectivity index (χ4v) is 3.33. The fraction of sp³-hybridized carbons (Fsp3) is 0.688. The van der Waals surface area contributed by atoms with Crippen LogP contribution in [0.5, 0.6) is 0 Å². The van der Waals surface area contributed by atoms with Gasteiger partial charge in [0.2, 0.25) is 0 Å². The molecule has 0 amide bonds. The first-order valence-electron chi connectivity index (χ1n) is 7.43. The lowest BCUT2D eigenvalue weighted by Gasteiger charge is -2.33. The van der Waals surface area contributed by atoms with Gasteiger partial charge in [-0.05, 0) is 59.8 Å². The van der Waals surface area contributed by atoms with E-state index in [1.807, 2.05) is 12.4 Å². The van der Waals surface area contributed by atoms with E-state index in [0.717, 1.165) is 37.0 Å². The summed E-state index contributed by atoms with van der Waals surface area (Å²) in [5, 5.41) is 3.62. The van der Waals surface area contributed by atoms with Crippen molar-refractivity contribution < 1.29 is 4.74 Å². The summed E-state index contributed by atoms with van der Waals surface area (Å²) in [4.78, 5) is 4.28. The number of hydrogen-bond acceptors (Lipinski definition) is 3. The molecule has 0 spiro atoms. The molecular weight excluding hydrogens is 316 g/mol. The number of aromatic nitrogens is 1. The predicted octanol–water partition coefficient (Wildman–Crippen LogP) is 3.43. The number of nitrogens with zero attached hydrogens (tertiary/aromatic N) is 1. The second-order valence-corrected chi connectivity index (χ2v) is 7.25. The molecule has 1 saturated heterocycles. The molecule has 0 saturated carbocycles. The summed E-state index contributed by atoms with van der Waals surface area (Å²) in [5.74, 6) is 0.678. The van der Waals surface area contributed by atoms with E-state index < -0.39 is 0 Å². The molecule has 1 fully saturated rings. The van der Waals surface area contributed by atoms with Gasteiger partial charge < -0.3 is 10.1 Å². The Balaban J connectivity index is 2.07. The van der Waals surface area contributed by atoms with Crippen LogP contribution in [0.2, 0.25) is 0 Å². The molecule has 2 rings (SSSR count). The Labute approximate surface area is 130 Å². The van der Waals surface area contributed by atoms with Crippen molar-refractivity contribution in [3.63, 3.8) is 0 Å². The number of ether oxygens (including phenoxy) is 1. The average molecular weight is 341 g/mol. The summed E-state index contributed by atoms with van der Waals surface area (Å²) in [5.41, 5.74) is 1.47. The zero-order valence-electron chi connectivity index (χ0n) is 12.7. The Kier molecular flexibility index (Phi) is 5.58. The van der Waals surface area contributed by atoms with Crippen molar-refractivity contribution in [3.05, 3.63) is 28.5 Å². The van der Waals surface area contributed by atoms with Crippen molar-refractivity contribution in [1.29, 1.82) is 0 Å². The van der Waals surface area contributed by atoms with Gasteiger partial charge in [0.25, 0.3) is 0 Å². The molecule has 1 aromatic rings. The summed E-state index contributed by atoms with van der Waals surface area (Å²) < 4.78 is 6.90. The normalized spacial score (nSPS) is 26.4. The van der Waals surface area contributed by atoms with Gasteiger partial charge in [0.15, 0.2) is 0 Å². The monoisotopic (exact) mass is 340 g/mol. The topological polar surface area (TPSA) is 34.2 Å². The Morgan fingerprint density at radius 3 is 2.90 bits per heavy atom. The molecule has 20 heavy (non-hydrogen) atoms. The highest BCUT2D eigenvalue weighted by molar-refractivity contribution is 9.10. The molecule has 3 nitrogen and oxygen atoms in total. The van der Waals surface area contributed by atoms with Crippen LogP contribution in [0.4, 0.5) is 0 Å². The van der Waals surface area contributed by atoms with Crippen molar-refractivity contribution in [3.8, 4) is 0 Å². The van der Waals surface area contributed by atoms with E-state index in [0.29, 0.717) is 12.0 Å². The van der Waals surface area contributed by atoms with Gasteiger partial charge in [0.1, 0.15) is 0 Å². The van der Waals surface area contributed by atoms with E-state index in [1.165, 1.54) is 5.56 Å². The molecule has 0 aliphatic carbocycles. The van der Waals surface area contributed by atoms with E-state index in [1.54, 1.807) is 0 Å². The zero-order chi connectivity index (χ0) is 14.6. The van der Waals surface area contributed by atoms with E-state index >= 15 is 0 Å². The highest BCUT2D eigenvalue weighted by Gasteiger charge is 2.41. The first-order chi connectivity index (χ1) is 9.52. The number of nitrogens with one attached hydrogen (secondary N) is 1. The third kappa shape index (κ3) is 4.03. The quantitative estimate of drug-likeness (QED) is 0.861. The lowest BCUT2D eigenvalue weighted by Crippen LogP contribution is -2.42. The van der Waals surface area contributed by atoms with Crippen LogP contribution in [-0.4, -0.2) is 30.8 Å². The maximum Gasteiger partial charge on any atom is 0.0619 e. The smallest absolute Gasteiger partial charge is 0.0619 e. The van der Waals surface area contributed by atoms with Gasteiger partial charge in [-0.2, -0.15) is 0 Å². The van der Waals surface area contributed by atoms with Crippen LogP contribution in [-0.2, 0) is 11.2 Å². The molecule has 2 heterocycles. The molecular formula is C16H25BrN2O. The molecule has 0 bridgehead atoms. The minimum Gasteiger partial charge on any atom is -0.378 e. The average Bonchev–Trinajstić information content (AvgIpc) is 2.70. The standard InChI is InChI=1S/C16H25BrN2O/c1-12(2)8-19-11-16(4-5-20-13(16)3)7-14-6-15(17)10-18-9-14/h6,9-10,12-13,19H,4-5,7-8,11H2,1-3H3. The van der Waals surface area contributed by atoms with E-state index in [-0.39, 0.29) is 5.41 Å². The first kappa shape index (κ1) is 15.9. The summed E-state index contributed by atoms with van der Waals surface area (Å²) in [6.45, 7) is 9.63. The van der Waals surface area contributed by atoms with Crippen LogP contribution < -0.4 is 5.32 Å². The van der Waals surface area contributed by atoms with Crippen LogP contribution in [0.15, 0.2) is 22.9 Å². The number of rotatable bonds is 6. The summed E-state index contributed by atoms with van der Waals surface area (Å²) in [7, 11) is 0. The predicted molar refractivity (Wildman–Crippen MR) is 85.8 cm³/mol. The molecule has 1 aromatic heterocycles. The molecule has 0 radical (unpaired) electrons. The van der Waals surface area contributed by atoms with Crippen LogP contribution in [0.3, 0.4) is 0 Å². The molecule has 1 aliphatic heterocycles. The summed E-state index contributed by atoms with van der Waals surface area (Å²) in [6.07, 6.45) is 6.24. The zero-order valence-corrected chi connectivity index (χ0v) is 14.2. The van der Waals surface area contributed by atoms with Crippen LogP contribution in [0.1, 0.15) is 32.8 Å². The summed E-state index contributed by atoms with van der Waals surface area (Å²) in [6, 6.07) is 2.17. The van der Waals surface area contributed by atoms with Gasteiger partial charge in [-0.1, -0.05) is 13.8 Å². The fourth-order valence-electron chi connectivity index (χ4n) is 2.91. The number of halogens is 1. The van der Waals surface area contributed by atoms with E-state index in [9.17, 15) is 0 Å². The van der Waals surface area contributed by atoms with Crippen LogP contribution >= 0.6 is 15.9 Å². The van der Waals surface area contributed by atoms with Gasteiger partial charge in [-0.3, -0.25) is 4.98 Å². The van der Waals surface area contributed by atoms with Crippen molar-refractivity contribution in [1.82, 2.24) is 10.3 Å². The van der Waals surface area contributed by atoms with Gasteiger partial charge in [0.05, 0.1) is 6.10 Å². The Morgan fingerprint density at radius 1 is 1.50 bits per heavy atom. The third-order valence-corrected chi connectivity index (χ3v) is 4.61. The van der Waals surface area contributed by atoms with Crippen LogP contribution in [0.25, 0.3) is 0 Å². The first-order valence-corrected chi connectivity index (χ1v) is 8.23. The maximum absolute atomic E-state index is 5.86.